The molecule has 3 saturated heterocycles. The van der Waals surface area contributed by atoms with Crippen molar-refractivity contribution in [2.45, 2.75) is 44.9 Å². The van der Waals surface area contributed by atoms with E-state index in [0.29, 0.717) is 38.5 Å². The number of carboxylic acid groups (broad SMARTS) is 1. The third kappa shape index (κ3) is 1.81. The van der Waals surface area contributed by atoms with Gasteiger partial charge >= 0.3 is 6.09 Å². The smallest absolute Gasteiger partial charge is 0.407 e. The van der Waals surface area contributed by atoms with Crippen LogP contribution in [-0.4, -0.2) is 58.4 Å². The molecule has 3 fully saturated rings. The van der Waals surface area contributed by atoms with Gasteiger partial charge in [-0.3, -0.25) is 4.79 Å². The summed E-state index contributed by atoms with van der Waals surface area (Å²) in [5.74, 6) is 0.629. The van der Waals surface area contributed by atoms with Crippen molar-refractivity contribution in [2.24, 2.45) is 11.8 Å². The Morgan fingerprint density at radius 1 is 1.50 bits per heavy atom. The lowest BCUT2D eigenvalue weighted by molar-refractivity contribution is -0.190. The SMILES string of the molecule is CC(C)C1COC23CCN(C(=O)O)CC2CCC(=O)N13. The number of likely N-dealkylation sites (tertiary alicyclic amines) is 1. The predicted molar refractivity (Wildman–Crippen MR) is 71.1 cm³/mol. The van der Waals surface area contributed by atoms with Gasteiger partial charge in [0.2, 0.25) is 5.91 Å². The van der Waals surface area contributed by atoms with Gasteiger partial charge in [0.25, 0.3) is 0 Å². The molecule has 0 aliphatic carbocycles. The summed E-state index contributed by atoms with van der Waals surface area (Å²) in [7, 11) is 0. The van der Waals surface area contributed by atoms with Crippen molar-refractivity contribution in [1.82, 2.24) is 9.80 Å². The van der Waals surface area contributed by atoms with Gasteiger partial charge in [-0.15, -0.1) is 0 Å². The van der Waals surface area contributed by atoms with E-state index in [9.17, 15) is 9.59 Å². The lowest BCUT2D eigenvalue weighted by Gasteiger charge is -2.52. The highest BCUT2D eigenvalue weighted by atomic mass is 16.5. The molecule has 3 atom stereocenters. The zero-order chi connectivity index (χ0) is 14.5. The molecule has 0 radical (unpaired) electrons. The van der Waals surface area contributed by atoms with Gasteiger partial charge < -0.3 is 19.6 Å². The number of amides is 2. The van der Waals surface area contributed by atoms with Gasteiger partial charge in [-0.05, 0) is 12.3 Å². The molecule has 6 heteroatoms. The topological polar surface area (TPSA) is 70.1 Å². The van der Waals surface area contributed by atoms with Crippen LogP contribution in [0.1, 0.15) is 33.1 Å². The van der Waals surface area contributed by atoms with Crippen molar-refractivity contribution >= 4 is 12.0 Å². The second-order valence-corrected chi connectivity index (χ2v) is 6.45. The normalized spacial score (nSPS) is 37.0. The van der Waals surface area contributed by atoms with Crippen molar-refractivity contribution in [2.75, 3.05) is 19.7 Å². The number of carbonyl (C=O) groups excluding carboxylic acids is 1. The largest absolute Gasteiger partial charge is 0.465 e. The summed E-state index contributed by atoms with van der Waals surface area (Å²) in [5, 5.41) is 9.16. The molecule has 1 spiro atoms. The average Bonchev–Trinajstić information content (AvgIpc) is 2.78. The molecule has 3 rings (SSSR count). The van der Waals surface area contributed by atoms with E-state index in [1.54, 1.807) is 0 Å². The molecular formula is C14H22N2O4. The number of piperidine rings is 2. The molecule has 20 heavy (non-hydrogen) atoms. The lowest BCUT2D eigenvalue weighted by Crippen LogP contribution is -2.65. The highest BCUT2D eigenvalue weighted by molar-refractivity contribution is 5.79. The maximum absolute atomic E-state index is 12.4. The van der Waals surface area contributed by atoms with Gasteiger partial charge in [0.05, 0.1) is 12.6 Å². The Hall–Kier alpha value is -1.30. The minimum atomic E-state index is -0.873. The number of hydrogen-bond donors (Lipinski definition) is 1. The third-order valence-corrected chi connectivity index (χ3v) is 5.08. The third-order valence-electron chi connectivity index (χ3n) is 5.08. The van der Waals surface area contributed by atoms with Crippen LogP contribution in [0.15, 0.2) is 0 Å². The van der Waals surface area contributed by atoms with Crippen LogP contribution in [0.25, 0.3) is 0 Å². The Morgan fingerprint density at radius 2 is 2.25 bits per heavy atom. The molecule has 112 valence electrons. The van der Waals surface area contributed by atoms with Gasteiger partial charge in [0.15, 0.2) is 0 Å². The molecule has 3 unspecified atom stereocenters. The van der Waals surface area contributed by atoms with Gasteiger partial charge in [-0.2, -0.15) is 0 Å². The predicted octanol–water partition coefficient (Wildman–Crippen LogP) is 1.36. The van der Waals surface area contributed by atoms with Crippen LogP contribution in [0.4, 0.5) is 4.79 Å². The summed E-state index contributed by atoms with van der Waals surface area (Å²) in [4.78, 5) is 26.9. The minimum Gasteiger partial charge on any atom is -0.465 e. The second-order valence-electron chi connectivity index (χ2n) is 6.45. The molecule has 1 N–H and O–H groups in total. The number of nitrogens with zero attached hydrogens (tertiary/aromatic N) is 2. The van der Waals surface area contributed by atoms with Gasteiger partial charge in [0.1, 0.15) is 5.72 Å². The first kappa shape index (κ1) is 13.7. The molecule has 0 aromatic rings. The van der Waals surface area contributed by atoms with E-state index in [2.05, 4.69) is 13.8 Å². The van der Waals surface area contributed by atoms with E-state index in [0.717, 1.165) is 6.42 Å². The van der Waals surface area contributed by atoms with E-state index in [1.807, 2.05) is 4.90 Å². The summed E-state index contributed by atoms with van der Waals surface area (Å²) in [6.45, 7) is 5.71. The molecule has 3 heterocycles. The fourth-order valence-electron chi connectivity index (χ4n) is 3.96. The fraction of sp³-hybridized carbons (Fsp3) is 0.857. The highest BCUT2D eigenvalue weighted by Crippen LogP contribution is 2.47. The lowest BCUT2D eigenvalue weighted by atomic mass is 9.79. The van der Waals surface area contributed by atoms with Crippen LogP contribution in [0.3, 0.4) is 0 Å². The molecule has 3 aliphatic rings. The minimum absolute atomic E-state index is 0.105. The Balaban J connectivity index is 1.89. The first-order valence-electron chi connectivity index (χ1n) is 7.39. The maximum Gasteiger partial charge on any atom is 0.407 e. The quantitative estimate of drug-likeness (QED) is 0.788. The van der Waals surface area contributed by atoms with Crippen molar-refractivity contribution in [1.29, 1.82) is 0 Å². The van der Waals surface area contributed by atoms with Crippen LogP contribution in [0, 0.1) is 11.8 Å². The molecule has 6 nitrogen and oxygen atoms in total. The zero-order valence-corrected chi connectivity index (χ0v) is 12.0. The summed E-state index contributed by atoms with van der Waals surface area (Å²) in [6, 6.07) is 0.127. The summed E-state index contributed by atoms with van der Waals surface area (Å²) in [5.41, 5.74) is -0.545. The monoisotopic (exact) mass is 282 g/mol. The second kappa shape index (κ2) is 4.62. The van der Waals surface area contributed by atoms with Crippen molar-refractivity contribution in [3.8, 4) is 0 Å². The standard InChI is InChI=1S/C14H22N2O4/c1-9(2)11-8-20-14-5-6-15(13(18)19)7-10(14)3-4-12(17)16(11)14/h9-11H,3-8H2,1-2H3,(H,18,19). The Morgan fingerprint density at radius 3 is 2.90 bits per heavy atom. The molecule has 0 saturated carbocycles. The summed E-state index contributed by atoms with van der Waals surface area (Å²) < 4.78 is 6.11. The zero-order valence-electron chi connectivity index (χ0n) is 12.0. The molecule has 0 aromatic heterocycles. The number of hydrogen-bond acceptors (Lipinski definition) is 3. The van der Waals surface area contributed by atoms with E-state index in [1.165, 1.54) is 4.90 Å². The first-order chi connectivity index (χ1) is 9.45. The van der Waals surface area contributed by atoms with Crippen LogP contribution >= 0.6 is 0 Å². The molecular weight excluding hydrogens is 260 g/mol. The fourth-order valence-corrected chi connectivity index (χ4v) is 3.96. The van der Waals surface area contributed by atoms with Gasteiger partial charge in [0, 0.05) is 31.8 Å². The van der Waals surface area contributed by atoms with Crippen LogP contribution < -0.4 is 0 Å². The first-order valence-corrected chi connectivity index (χ1v) is 7.39. The Labute approximate surface area is 118 Å². The molecule has 0 aromatic carbocycles. The van der Waals surface area contributed by atoms with Crippen molar-refractivity contribution < 1.29 is 19.4 Å². The number of rotatable bonds is 1. The number of ether oxygens (including phenoxy) is 1. The summed E-state index contributed by atoms with van der Waals surface area (Å²) in [6.07, 6.45) is 0.955. The van der Waals surface area contributed by atoms with Crippen molar-refractivity contribution in [3.63, 3.8) is 0 Å². The average molecular weight is 282 g/mol. The van der Waals surface area contributed by atoms with Crippen LogP contribution in [0.2, 0.25) is 0 Å². The van der Waals surface area contributed by atoms with E-state index in [4.69, 9.17) is 9.84 Å². The van der Waals surface area contributed by atoms with E-state index < -0.39 is 11.8 Å². The Bertz CT molecular complexity index is 439. The van der Waals surface area contributed by atoms with Crippen LogP contribution in [0.5, 0.6) is 0 Å². The summed E-state index contributed by atoms with van der Waals surface area (Å²) >= 11 is 0. The molecule has 0 bridgehead atoms. The van der Waals surface area contributed by atoms with Crippen molar-refractivity contribution in [3.05, 3.63) is 0 Å². The Kier molecular flexibility index (Phi) is 3.16. The van der Waals surface area contributed by atoms with Crippen LogP contribution in [-0.2, 0) is 9.53 Å². The maximum atomic E-state index is 12.4. The molecule has 3 aliphatic heterocycles. The van der Waals surface area contributed by atoms with Gasteiger partial charge in [-0.25, -0.2) is 4.79 Å². The molecule has 2 amide bonds. The van der Waals surface area contributed by atoms with E-state index >= 15 is 0 Å². The number of carbonyl (C=O) groups is 2. The van der Waals surface area contributed by atoms with Gasteiger partial charge in [-0.1, -0.05) is 13.8 Å². The highest BCUT2D eigenvalue weighted by Gasteiger charge is 2.59. The van der Waals surface area contributed by atoms with E-state index in [-0.39, 0.29) is 17.9 Å².